The third-order valence-electron chi connectivity index (χ3n) is 3.88. The van der Waals surface area contributed by atoms with Gasteiger partial charge >= 0.3 is 18.0 Å². The number of hydrogen-bond donors (Lipinski definition) is 4. The Labute approximate surface area is 186 Å². The average Bonchev–Trinajstić information content (AvgIpc) is 2.71. The van der Waals surface area contributed by atoms with Crippen molar-refractivity contribution in [2.45, 2.75) is 13.1 Å². The van der Waals surface area contributed by atoms with E-state index in [0.717, 1.165) is 18.2 Å². The third kappa shape index (κ3) is 6.57. The normalized spacial score (nSPS) is 10.8. The van der Waals surface area contributed by atoms with Crippen molar-refractivity contribution in [1.29, 1.82) is 0 Å². The molecule has 0 fully saturated rings. The molecule has 14 heteroatoms. The molecule has 0 aliphatic rings. The topological polar surface area (TPSA) is 134 Å². The average molecular weight is 489 g/mol. The molecule has 0 atom stereocenters. The fourth-order valence-corrected chi connectivity index (χ4v) is 2.44. The number of aromatic nitrogens is 2. The van der Waals surface area contributed by atoms with Crippen molar-refractivity contribution in [3.05, 3.63) is 80.6 Å². The molecule has 3 rings (SSSR count). The highest BCUT2D eigenvalue weighted by Crippen LogP contribution is 2.26. The summed E-state index contributed by atoms with van der Waals surface area (Å²) < 4.78 is 68.5. The van der Waals surface area contributed by atoms with Crippen molar-refractivity contribution in [2.24, 2.45) is 0 Å². The van der Waals surface area contributed by atoms with Gasteiger partial charge in [0.15, 0.2) is 5.82 Å². The minimum Gasteiger partial charge on any atom is -0.508 e. The highest BCUT2D eigenvalue weighted by molar-refractivity contribution is 5.84. The molecule has 0 aliphatic carbocycles. The maximum atomic E-state index is 13.5. The minimum atomic E-state index is -4.90. The van der Waals surface area contributed by atoms with Crippen LogP contribution in [0.5, 0.6) is 11.5 Å². The number of anilines is 1. The van der Waals surface area contributed by atoms with Crippen molar-refractivity contribution in [3.63, 3.8) is 0 Å². The van der Waals surface area contributed by atoms with Crippen molar-refractivity contribution in [2.75, 3.05) is 11.9 Å². The number of aromatic amines is 1. The second-order valence-corrected chi connectivity index (χ2v) is 6.30. The first-order chi connectivity index (χ1) is 15.8. The number of phenols is 2. The van der Waals surface area contributed by atoms with Gasteiger partial charge in [-0.15, -0.1) is 0 Å². The zero-order valence-electron chi connectivity index (χ0n) is 17.1. The van der Waals surface area contributed by atoms with E-state index in [0.29, 0.717) is 6.07 Å². The van der Waals surface area contributed by atoms with Crippen molar-refractivity contribution >= 4 is 11.8 Å². The van der Waals surface area contributed by atoms with Gasteiger partial charge in [0.25, 0.3) is 5.56 Å². The van der Waals surface area contributed by atoms with Crippen LogP contribution in [0.4, 0.5) is 32.4 Å². The number of carbonyl (C=O) groups excluding carboxylic acids is 1. The van der Waals surface area contributed by atoms with Gasteiger partial charge in [0.1, 0.15) is 23.0 Å². The number of amides is 1. The second-order valence-electron chi connectivity index (χ2n) is 6.30. The Morgan fingerprint density at radius 1 is 1.03 bits per heavy atom. The van der Waals surface area contributed by atoms with E-state index in [9.17, 15) is 36.3 Å². The molecule has 3 aromatic rings. The lowest BCUT2D eigenvalue weighted by molar-refractivity contribution is -0.141. The van der Waals surface area contributed by atoms with E-state index in [4.69, 9.17) is 10.2 Å². The van der Waals surface area contributed by atoms with Crippen molar-refractivity contribution in [1.82, 2.24) is 9.55 Å². The lowest BCUT2D eigenvalue weighted by atomic mass is 10.3. The smallest absolute Gasteiger partial charge is 0.431 e. The summed E-state index contributed by atoms with van der Waals surface area (Å²) in [6, 6.07) is 6.08. The fraction of sp³-hybridized carbons (Fsp3) is 0.150. The number of rotatable bonds is 3. The molecule has 182 valence electrons. The molecule has 0 radical (unpaired) electrons. The summed E-state index contributed by atoms with van der Waals surface area (Å²) in [5.41, 5.74) is -4.90. The SMILES string of the molecule is CCOC(=O)Nc1ccc(O)cc1F.O=c1cc(C(F)(F)F)[nH]c(=O)n1-c1ccc(O)cc1F. The minimum absolute atomic E-state index is 0.0266. The molecule has 4 N–H and O–H groups in total. The molecule has 9 nitrogen and oxygen atoms in total. The number of nitrogens with one attached hydrogen (secondary N) is 2. The summed E-state index contributed by atoms with van der Waals surface area (Å²) in [7, 11) is 0. The number of nitrogens with zero attached hydrogens (tertiary/aromatic N) is 1. The summed E-state index contributed by atoms with van der Waals surface area (Å²) in [5.74, 6) is -2.49. The first kappa shape index (κ1) is 25.9. The first-order valence-corrected chi connectivity index (χ1v) is 9.18. The molecule has 34 heavy (non-hydrogen) atoms. The number of ether oxygens (including phenoxy) is 1. The van der Waals surface area contributed by atoms with Crippen LogP contribution in [0.1, 0.15) is 12.6 Å². The van der Waals surface area contributed by atoms with E-state index < -0.39 is 52.3 Å². The number of phenolic OH excluding ortho intramolecular Hbond substituents is 2. The molecular weight excluding hydrogens is 473 g/mol. The van der Waals surface area contributed by atoms with Gasteiger partial charge in [0, 0.05) is 18.2 Å². The Balaban J connectivity index is 0.000000257. The first-order valence-electron chi connectivity index (χ1n) is 9.18. The Morgan fingerprint density at radius 2 is 1.62 bits per heavy atom. The highest BCUT2D eigenvalue weighted by Gasteiger charge is 2.33. The summed E-state index contributed by atoms with van der Waals surface area (Å²) in [5, 5.41) is 20.1. The molecule has 1 heterocycles. The Kier molecular flexibility index (Phi) is 8.00. The van der Waals surface area contributed by atoms with Crippen LogP contribution in [0.15, 0.2) is 52.1 Å². The molecule has 2 aromatic carbocycles. The van der Waals surface area contributed by atoms with Crippen LogP contribution >= 0.6 is 0 Å². The standard InChI is InChI=1S/C11H6F4N2O3.C9H10FNO3/c12-6-3-5(18)1-2-7(6)17-9(19)4-8(11(13,14)15)16-10(17)20;1-2-14-9(13)11-8-4-3-6(12)5-7(8)10/h1-4,18H,(H,16,20);3-5,12H,2H2,1H3,(H,11,13). The second kappa shape index (κ2) is 10.5. The van der Waals surface area contributed by atoms with Crippen LogP contribution in [0, 0.1) is 11.6 Å². The Bertz CT molecular complexity index is 1270. The summed E-state index contributed by atoms with van der Waals surface area (Å²) in [6.07, 6.45) is -5.62. The van der Waals surface area contributed by atoms with Gasteiger partial charge in [0.2, 0.25) is 0 Å². The molecule has 1 aromatic heterocycles. The molecule has 0 saturated carbocycles. The van der Waals surface area contributed by atoms with Gasteiger partial charge < -0.3 is 19.9 Å². The Hall–Kier alpha value is -4.36. The summed E-state index contributed by atoms with van der Waals surface area (Å²) in [4.78, 5) is 35.4. The molecule has 1 amide bonds. The van der Waals surface area contributed by atoms with E-state index in [1.165, 1.54) is 17.1 Å². The van der Waals surface area contributed by atoms with Crippen molar-refractivity contribution < 1.29 is 41.7 Å². The van der Waals surface area contributed by atoms with Gasteiger partial charge in [0.05, 0.1) is 18.0 Å². The maximum Gasteiger partial charge on any atom is 0.431 e. The zero-order chi connectivity index (χ0) is 25.6. The van der Waals surface area contributed by atoms with Crippen LogP contribution in [-0.4, -0.2) is 32.5 Å². The third-order valence-corrected chi connectivity index (χ3v) is 3.88. The lowest BCUT2D eigenvalue weighted by Gasteiger charge is -2.09. The van der Waals surface area contributed by atoms with Gasteiger partial charge in [-0.3, -0.25) is 10.1 Å². The van der Waals surface area contributed by atoms with Gasteiger partial charge in [-0.1, -0.05) is 0 Å². The van der Waals surface area contributed by atoms with E-state index in [1.54, 1.807) is 6.92 Å². The molecule has 0 saturated heterocycles. The van der Waals surface area contributed by atoms with Crippen LogP contribution in [0.25, 0.3) is 5.69 Å². The van der Waals surface area contributed by atoms with Crippen molar-refractivity contribution in [3.8, 4) is 17.2 Å². The number of aromatic hydroxyl groups is 2. The quantitative estimate of drug-likeness (QED) is 0.329. The fourth-order valence-electron chi connectivity index (χ4n) is 2.44. The van der Waals surface area contributed by atoms with Gasteiger partial charge in [-0.05, 0) is 31.2 Å². The predicted octanol–water partition coefficient (Wildman–Crippen LogP) is 3.49. The zero-order valence-corrected chi connectivity index (χ0v) is 17.1. The van der Waals surface area contributed by atoms with Crippen LogP contribution in [0.3, 0.4) is 0 Å². The summed E-state index contributed by atoms with van der Waals surface area (Å²) >= 11 is 0. The number of benzene rings is 2. The lowest BCUT2D eigenvalue weighted by Crippen LogP contribution is -2.36. The number of carbonyl (C=O) groups is 1. The van der Waals surface area contributed by atoms with Crippen LogP contribution in [0.2, 0.25) is 0 Å². The molecule has 0 aliphatic heterocycles. The molecule has 0 unspecified atom stereocenters. The number of alkyl halides is 3. The van der Waals surface area contributed by atoms with Gasteiger partial charge in [-0.25, -0.2) is 22.9 Å². The predicted molar refractivity (Wildman–Crippen MR) is 108 cm³/mol. The van der Waals surface area contributed by atoms with E-state index in [1.807, 2.05) is 0 Å². The van der Waals surface area contributed by atoms with E-state index in [2.05, 4.69) is 10.1 Å². The van der Waals surface area contributed by atoms with E-state index >= 15 is 0 Å². The monoisotopic (exact) mass is 489 g/mol. The molecular formula is C20H16F5N3O6. The van der Waals surface area contributed by atoms with Crippen LogP contribution in [-0.2, 0) is 10.9 Å². The molecule has 0 bridgehead atoms. The highest BCUT2D eigenvalue weighted by atomic mass is 19.4. The van der Waals surface area contributed by atoms with E-state index in [-0.39, 0.29) is 28.7 Å². The van der Waals surface area contributed by atoms with Crippen LogP contribution < -0.4 is 16.6 Å². The Morgan fingerprint density at radius 3 is 2.12 bits per heavy atom. The number of halogens is 5. The summed E-state index contributed by atoms with van der Waals surface area (Å²) in [6.45, 7) is 1.86. The maximum absolute atomic E-state index is 13.5. The number of hydrogen-bond acceptors (Lipinski definition) is 6. The van der Waals surface area contributed by atoms with Gasteiger partial charge in [-0.2, -0.15) is 13.2 Å². The number of H-pyrrole nitrogens is 1. The molecule has 0 spiro atoms. The largest absolute Gasteiger partial charge is 0.508 e.